The first-order valence-corrected chi connectivity index (χ1v) is 7.58. The highest BCUT2D eigenvalue weighted by Crippen LogP contribution is 2.22. The molecule has 0 bridgehead atoms. The molecular weight excluding hydrogens is 343 g/mol. The molecule has 2 aromatic carbocycles. The molecule has 0 radical (unpaired) electrons. The minimum atomic E-state index is -0.309. The van der Waals surface area contributed by atoms with Gasteiger partial charge in [-0.1, -0.05) is 53.0 Å². The van der Waals surface area contributed by atoms with Gasteiger partial charge in [0.1, 0.15) is 0 Å². The summed E-state index contributed by atoms with van der Waals surface area (Å²) in [4.78, 5) is 11.7. The van der Waals surface area contributed by atoms with Crippen molar-refractivity contribution in [3.63, 3.8) is 0 Å². The van der Waals surface area contributed by atoms with Gasteiger partial charge in [0.2, 0.25) is 0 Å². The lowest BCUT2D eigenvalue weighted by Gasteiger charge is -2.05. The highest BCUT2D eigenvalue weighted by atomic mass is 35.5. The maximum Gasteiger partial charge on any atom is 0.319 e. The van der Waals surface area contributed by atoms with Crippen molar-refractivity contribution < 1.29 is 4.79 Å². The van der Waals surface area contributed by atoms with Crippen LogP contribution < -0.4 is 10.6 Å². The molecule has 114 valence electrons. The molecule has 2 N–H and O–H groups in total. The lowest BCUT2D eigenvalue weighted by molar-refractivity contribution is 0.244. The van der Waals surface area contributed by atoms with E-state index in [1.54, 1.807) is 36.4 Å². The molecule has 0 aliphatic rings. The Labute approximate surface area is 143 Å². The van der Waals surface area contributed by atoms with Gasteiger partial charge in [-0.15, -0.1) is 0 Å². The lowest BCUT2D eigenvalue weighted by Crippen LogP contribution is -2.31. The fraction of sp³-hybridized carbons (Fsp3) is 0.0625. The summed E-state index contributed by atoms with van der Waals surface area (Å²) in [6.07, 6.45) is 3.26. The summed E-state index contributed by atoms with van der Waals surface area (Å²) in [6, 6.07) is 12.2. The van der Waals surface area contributed by atoms with E-state index in [1.807, 2.05) is 12.1 Å². The summed E-state index contributed by atoms with van der Waals surface area (Å²) in [5.41, 5.74) is 1.76. The normalized spacial score (nSPS) is 10.7. The van der Waals surface area contributed by atoms with Crippen LogP contribution in [0.1, 0.15) is 11.1 Å². The van der Waals surface area contributed by atoms with Gasteiger partial charge < -0.3 is 10.6 Å². The van der Waals surface area contributed by atoms with Crippen LogP contribution in [0.4, 0.5) is 4.79 Å². The predicted molar refractivity (Wildman–Crippen MR) is 92.3 cm³/mol. The van der Waals surface area contributed by atoms with Crippen LogP contribution in [0.3, 0.4) is 0 Å². The number of carbonyl (C=O) groups is 1. The van der Waals surface area contributed by atoms with Crippen LogP contribution >= 0.6 is 34.8 Å². The van der Waals surface area contributed by atoms with Gasteiger partial charge in [0, 0.05) is 17.8 Å². The number of rotatable bonds is 4. The SMILES string of the molecule is O=C(N/C=C/c1ccc(Cl)c(Cl)c1)NCc1cccc(Cl)c1. The van der Waals surface area contributed by atoms with E-state index in [1.165, 1.54) is 6.20 Å². The van der Waals surface area contributed by atoms with E-state index < -0.39 is 0 Å². The number of hydrogen-bond donors (Lipinski definition) is 2. The molecule has 6 heteroatoms. The van der Waals surface area contributed by atoms with Crippen molar-refractivity contribution in [3.8, 4) is 0 Å². The minimum absolute atomic E-state index is 0.309. The quantitative estimate of drug-likeness (QED) is 0.785. The number of halogens is 3. The van der Waals surface area contributed by atoms with Gasteiger partial charge in [-0.05, 0) is 41.5 Å². The number of hydrogen-bond acceptors (Lipinski definition) is 1. The topological polar surface area (TPSA) is 41.1 Å². The molecule has 0 saturated heterocycles. The zero-order valence-electron chi connectivity index (χ0n) is 11.4. The molecule has 2 aromatic rings. The number of carbonyl (C=O) groups excluding carboxylic acids is 1. The van der Waals surface area contributed by atoms with Crippen LogP contribution in [0, 0.1) is 0 Å². The molecule has 0 spiro atoms. The molecule has 0 aliphatic heterocycles. The van der Waals surface area contributed by atoms with E-state index in [9.17, 15) is 4.79 Å². The van der Waals surface area contributed by atoms with E-state index in [-0.39, 0.29) is 6.03 Å². The standard InChI is InChI=1S/C16H13Cl3N2O/c17-13-3-1-2-12(8-13)10-21-16(22)20-7-6-11-4-5-14(18)15(19)9-11/h1-9H,10H2,(H2,20,21,22)/b7-6+. The third kappa shape index (κ3) is 5.26. The molecule has 0 fully saturated rings. The van der Waals surface area contributed by atoms with Crippen molar-refractivity contribution in [2.45, 2.75) is 6.54 Å². The van der Waals surface area contributed by atoms with Crippen molar-refractivity contribution >= 4 is 46.9 Å². The van der Waals surface area contributed by atoms with Gasteiger partial charge in [0.25, 0.3) is 0 Å². The molecular formula is C16H13Cl3N2O. The molecule has 0 unspecified atom stereocenters. The molecule has 2 amide bonds. The van der Waals surface area contributed by atoms with Crippen LogP contribution in [-0.4, -0.2) is 6.03 Å². The van der Waals surface area contributed by atoms with Gasteiger partial charge >= 0.3 is 6.03 Å². The van der Waals surface area contributed by atoms with Crippen LogP contribution in [0.5, 0.6) is 0 Å². The summed E-state index contributed by atoms with van der Waals surface area (Å²) < 4.78 is 0. The summed E-state index contributed by atoms with van der Waals surface area (Å²) in [6.45, 7) is 0.396. The molecule has 2 rings (SSSR count). The van der Waals surface area contributed by atoms with Crippen molar-refractivity contribution in [2.24, 2.45) is 0 Å². The van der Waals surface area contributed by atoms with Gasteiger partial charge in [-0.3, -0.25) is 0 Å². The van der Waals surface area contributed by atoms with E-state index in [0.717, 1.165) is 11.1 Å². The molecule has 0 aromatic heterocycles. The Balaban J connectivity index is 1.82. The number of amides is 2. The molecule has 22 heavy (non-hydrogen) atoms. The maximum atomic E-state index is 11.7. The molecule has 0 aliphatic carbocycles. The zero-order chi connectivity index (χ0) is 15.9. The third-order valence-electron chi connectivity index (χ3n) is 2.78. The second-order valence-electron chi connectivity index (χ2n) is 4.46. The van der Waals surface area contributed by atoms with Crippen LogP contribution in [0.15, 0.2) is 48.7 Å². The number of urea groups is 1. The first kappa shape index (κ1) is 16.7. The highest BCUT2D eigenvalue weighted by Gasteiger charge is 1.99. The Morgan fingerprint density at radius 3 is 2.59 bits per heavy atom. The second-order valence-corrected chi connectivity index (χ2v) is 5.71. The lowest BCUT2D eigenvalue weighted by atomic mass is 10.2. The Kier molecular flexibility index (Phi) is 6.13. The monoisotopic (exact) mass is 354 g/mol. The predicted octanol–water partition coefficient (Wildman–Crippen LogP) is 5.12. The van der Waals surface area contributed by atoms with Gasteiger partial charge in [0.05, 0.1) is 10.0 Å². The van der Waals surface area contributed by atoms with E-state index in [2.05, 4.69) is 10.6 Å². The average molecular weight is 356 g/mol. The second kappa shape index (κ2) is 8.08. The number of nitrogens with one attached hydrogen (secondary N) is 2. The van der Waals surface area contributed by atoms with E-state index >= 15 is 0 Å². The van der Waals surface area contributed by atoms with Crippen molar-refractivity contribution in [1.82, 2.24) is 10.6 Å². The number of benzene rings is 2. The third-order valence-corrected chi connectivity index (χ3v) is 3.75. The van der Waals surface area contributed by atoms with Crippen molar-refractivity contribution in [2.75, 3.05) is 0 Å². The van der Waals surface area contributed by atoms with Gasteiger partial charge in [0.15, 0.2) is 0 Å². The van der Waals surface area contributed by atoms with Crippen molar-refractivity contribution in [1.29, 1.82) is 0 Å². The molecule has 0 atom stereocenters. The Hall–Kier alpha value is -1.68. The van der Waals surface area contributed by atoms with Crippen LogP contribution in [0.2, 0.25) is 15.1 Å². The summed E-state index contributed by atoms with van der Waals surface area (Å²) >= 11 is 17.6. The van der Waals surface area contributed by atoms with Crippen molar-refractivity contribution in [3.05, 3.63) is 74.9 Å². The van der Waals surface area contributed by atoms with Gasteiger partial charge in [-0.25, -0.2) is 4.79 Å². The Morgan fingerprint density at radius 2 is 1.86 bits per heavy atom. The van der Waals surface area contributed by atoms with Crippen LogP contribution in [-0.2, 0) is 6.54 Å². The minimum Gasteiger partial charge on any atom is -0.334 e. The summed E-state index contributed by atoms with van der Waals surface area (Å²) in [5.74, 6) is 0. The molecule has 3 nitrogen and oxygen atoms in total. The molecule has 0 saturated carbocycles. The molecule has 0 heterocycles. The van der Waals surface area contributed by atoms with E-state index in [4.69, 9.17) is 34.8 Å². The van der Waals surface area contributed by atoms with E-state index in [0.29, 0.717) is 21.6 Å². The smallest absolute Gasteiger partial charge is 0.319 e. The Bertz CT molecular complexity index is 702. The average Bonchev–Trinajstić information content (AvgIpc) is 2.49. The maximum absolute atomic E-state index is 11.7. The highest BCUT2D eigenvalue weighted by molar-refractivity contribution is 6.42. The zero-order valence-corrected chi connectivity index (χ0v) is 13.7. The Morgan fingerprint density at radius 1 is 1.05 bits per heavy atom. The fourth-order valence-corrected chi connectivity index (χ4v) is 2.23. The van der Waals surface area contributed by atoms with Crippen LogP contribution in [0.25, 0.3) is 6.08 Å². The first-order chi connectivity index (χ1) is 10.5. The summed E-state index contributed by atoms with van der Waals surface area (Å²) in [7, 11) is 0. The first-order valence-electron chi connectivity index (χ1n) is 6.45. The fourth-order valence-electron chi connectivity index (χ4n) is 1.71. The summed E-state index contributed by atoms with van der Waals surface area (Å²) in [5, 5.41) is 6.93. The largest absolute Gasteiger partial charge is 0.334 e. The van der Waals surface area contributed by atoms with Gasteiger partial charge in [-0.2, -0.15) is 0 Å².